The number of nitrogens with zero attached hydrogens (tertiary/aromatic N) is 1. The van der Waals surface area contributed by atoms with Gasteiger partial charge in [-0.2, -0.15) is 0 Å². The van der Waals surface area contributed by atoms with Gasteiger partial charge in [0.1, 0.15) is 5.82 Å². The van der Waals surface area contributed by atoms with E-state index in [1.165, 1.54) is 38.7 Å². The zero-order valence-electron chi connectivity index (χ0n) is 12.2. The fourth-order valence-corrected chi connectivity index (χ4v) is 4.23. The molecule has 0 radical (unpaired) electrons. The highest BCUT2D eigenvalue weighted by atomic mass is 19.1. The van der Waals surface area contributed by atoms with E-state index in [0.29, 0.717) is 5.92 Å². The van der Waals surface area contributed by atoms with E-state index < -0.39 is 5.82 Å². The predicted molar refractivity (Wildman–Crippen MR) is 78.6 cm³/mol. The monoisotopic (exact) mass is 275 g/mol. The van der Waals surface area contributed by atoms with Crippen molar-refractivity contribution in [2.24, 2.45) is 17.8 Å². The van der Waals surface area contributed by atoms with Crippen LogP contribution in [0.4, 0.5) is 10.1 Å². The molecule has 0 spiro atoms. The van der Waals surface area contributed by atoms with Crippen LogP contribution in [-0.2, 0) is 0 Å². The Morgan fingerprint density at radius 2 is 2.15 bits per heavy atom. The second-order valence-corrected chi connectivity index (χ2v) is 6.51. The molecule has 0 aliphatic heterocycles. The van der Waals surface area contributed by atoms with Gasteiger partial charge in [0.15, 0.2) is 5.78 Å². The fourth-order valence-electron chi connectivity index (χ4n) is 4.23. The summed E-state index contributed by atoms with van der Waals surface area (Å²) in [5, 5.41) is 0. The minimum atomic E-state index is -0.408. The summed E-state index contributed by atoms with van der Waals surface area (Å²) in [5.41, 5.74) is 0.971. The van der Waals surface area contributed by atoms with Crippen LogP contribution >= 0.6 is 0 Å². The zero-order valence-corrected chi connectivity index (χ0v) is 12.2. The molecule has 1 aromatic carbocycles. The molecule has 2 bridgehead atoms. The Balaban J connectivity index is 1.79. The Morgan fingerprint density at radius 3 is 2.75 bits per heavy atom. The number of hydrogen-bond acceptors (Lipinski definition) is 2. The van der Waals surface area contributed by atoms with Crippen LogP contribution in [-0.4, -0.2) is 19.4 Å². The fraction of sp³-hybridized carbons (Fsp3) is 0.588. The minimum absolute atomic E-state index is 0.196. The Bertz CT molecular complexity index is 528. The summed E-state index contributed by atoms with van der Waals surface area (Å²) in [7, 11) is 1.98. The van der Waals surface area contributed by atoms with Gasteiger partial charge >= 0.3 is 0 Å². The molecule has 0 aromatic heterocycles. The van der Waals surface area contributed by atoms with Gasteiger partial charge in [0.2, 0.25) is 0 Å². The van der Waals surface area contributed by atoms with Crippen LogP contribution in [0.1, 0.15) is 43.0 Å². The first-order chi connectivity index (χ1) is 9.56. The Hall–Kier alpha value is -1.38. The second kappa shape index (κ2) is 5.19. The molecule has 108 valence electrons. The lowest BCUT2D eigenvalue weighted by Gasteiger charge is -2.29. The molecule has 3 heteroatoms. The molecule has 0 heterocycles. The van der Waals surface area contributed by atoms with Crippen molar-refractivity contribution in [2.75, 3.05) is 18.5 Å². The van der Waals surface area contributed by atoms with Gasteiger partial charge in [-0.15, -0.1) is 0 Å². The van der Waals surface area contributed by atoms with Gasteiger partial charge in [0, 0.05) is 13.6 Å². The molecule has 3 unspecified atom stereocenters. The number of Topliss-reactive ketones (excluding diaryl/α,β-unsaturated/α-hetero) is 1. The number of anilines is 1. The lowest BCUT2D eigenvalue weighted by Crippen LogP contribution is -2.29. The maximum absolute atomic E-state index is 13.9. The third-order valence-corrected chi connectivity index (χ3v) is 5.15. The van der Waals surface area contributed by atoms with Crippen molar-refractivity contribution in [1.82, 2.24) is 0 Å². The maximum atomic E-state index is 13.9. The van der Waals surface area contributed by atoms with E-state index in [1.807, 2.05) is 13.1 Å². The second-order valence-electron chi connectivity index (χ2n) is 6.51. The summed E-state index contributed by atoms with van der Waals surface area (Å²) < 4.78 is 13.9. The zero-order chi connectivity index (χ0) is 14.3. The van der Waals surface area contributed by atoms with E-state index >= 15 is 0 Å². The molecule has 2 aliphatic carbocycles. The maximum Gasteiger partial charge on any atom is 0.164 e. The number of ketones is 1. The summed E-state index contributed by atoms with van der Waals surface area (Å²) in [5.74, 6) is 1.87. The number of carbonyl (C=O) groups excluding carboxylic acids is 1. The number of halogens is 1. The molecule has 0 N–H and O–H groups in total. The molecule has 2 saturated carbocycles. The molecular weight excluding hydrogens is 253 g/mol. The quantitative estimate of drug-likeness (QED) is 0.777. The van der Waals surface area contributed by atoms with Crippen LogP contribution in [0.15, 0.2) is 18.2 Å². The number of benzene rings is 1. The number of fused-ring (bicyclic) bond motifs is 2. The average molecular weight is 275 g/mol. The minimum Gasteiger partial charge on any atom is -0.374 e. The van der Waals surface area contributed by atoms with E-state index in [9.17, 15) is 9.18 Å². The van der Waals surface area contributed by atoms with Crippen molar-refractivity contribution in [3.8, 4) is 0 Å². The smallest absolute Gasteiger partial charge is 0.164 e. The molecule has 3 rings (SSSR count). The van der Waals surface area contributed by atoms with Gasteiger partial charge in [-0.05, 0) is 56.1 Å². The van der Waals surface area contributed by atoms with Gasteiger partial charge in [-0.25, -0.2) is 4.39 Å². The van der Waals surface area contributed by atoms with Crippen LogP contribution in [0.5, 0.6) is 0 Å². The van der Waals surface area contributed by atoms with Gasteiger partial charge in [0.25, 0.3) is 0 Å². The van der Waals surface area contributed by atoms with Gasteiger partial charge in [-0.3, -0.25) is 4.79 Å². The Kier molecular flexibility index (Phi) is 3.53. The third kappa shape index (κ3) is 2.34. The largest absolute Gasteiger partial charge is 0.374 e. The number of hydrogen-bond donors (Lipinski definition) is 0. The standard InChI is InChI=1S/C17H22FNO/c1-11(20)17-15(18)4-3-5-16(17)19(2)10-14-9-12-6-7-13(14)8-12/h3-5,12-14H,6-10H2,1-2H3. The lowest BCUT2D eigenvalue weighted by molar-refractivity contribution is 0.101. The molecule has 2 nitrogen and oxygen atoms in total. The van der Waals surface area contributed by atoms with E-state index in [1.54, 1.807) is 6.07 Å². The third-order valence-electron chi connectivity index (χ3n) is 5.15. The van der Waals surface area contributed by atoms with Gasteiger partial charge in [-0.1, -0.05) is 12.5 Å². The first-order valence-electron chi connectivity index (χ1n) is 7.57. The van der Waals surface area contributed by atoms with Crippen molar-refractivity contribution < 1.29 is 9.18 Å². The molecule has 2 fully saturated rings. The Morgan fingerprint density at radius 1 is 1.35 bits per heavy atom. The van der Waals surface area contributed by atoms with Crippen LogP contribution < -0.4 is 4.90 Å². The molecule has 20 heavy (non-hydrogen) atoms. The van der Waals surface area contributed by atoms with Crippen LogP contribution in [0, 0.1) is 23.6 Å². The van der Waals surface area contributed by atoms with E-state index in [0.717, 1.165) is 24.1 Å². The van der Waals surface area contributed by atoms with Crippen LogP contribution in [0.3, 0.4) is 0 Å². The van der Waals surface area contributed by atoms with Gasteiger partial charge in [0.05, 0.1) is 11.3 Å². The van der Waals surface area contributed by atoms with Crippen molar-refractivity contribution >= 4 is 11.5 Å². The predicted octanol–water partition coefficient (Wildman–Crippen LogP) is 3.90. The summed E-state index contributed by atoms with van der Waals surface area (Å²) in [6.45, 7) is 2.37. The molecule has 0 amide bonds. The average Bonchev–Trinajstić information content (AvgIpc) is 3.00. The number of rotatable bonds is 4. The molecule has 0 saturated heterocycles. The topological polar surface area (TPSA) is 20.3 Å². The normalized spacial score (nSPS) is 27.9. The van der Waals surface area contributed by atoms with Crippen molar-refractivity contribution in [2.45, 2.75) is 32.6 Å². The van der Waals surface area contributed by atoms with Gasteiger partial charge < -0.3 is 4.90 Å². The van der Waals surface area contributed by atoms with Crippen molar-refractivity contribution in [3.05, 3.63) is 29.6 Å². The molecular formula is C17H22FNO. The van der Waals surface area contributed by atoms with E-state index in [-0.39, 0.29) is 11.3 Å². The number of carbonyl (C=O) groups is 1. The molecule has 1 aromatic rings. The van der Waals surface area contributed by atoms with Crippen LogP contribution in [0.2, 0.25) is 0 Å². The first kappa shape index (κ1) is 13.6. The lowest BCUT2D eigenvalue weighted by atomic mass is 9.88. The molecule has 3 atom stereocenters. The summed E-state index contributed by atoms with van der Waals surface area (Å²) in [4.78, 5) is 13.8. The summed E-state index contributed by atoms with van der Waals surface area (Å²) >= 11 is 0. The molecule has 2 aliphatic rings. The Labute approximate surface area is 120 Å². The highest BCUT2D eigenvalue weighted by Gasteiger charge is 2.39. The first-order valence-corrected chi connectivity index (χ1v) is 7.57. The summed E-state index contributed by atoms with van der Waals surface area (Å²) in [6.07, 6.45) is 5.43. The highest BCUT2D eigenvalue weighted by molar-refractivity contribution is 6.00. The van der Waals surface area contributed by atoms with Crippen molar-refractivity contribution in [3.63, 3.8) is 0 Å². The van der Waals surface area contributed by atoms with Crippen LogP contribution in [0.25, 0.3) is 0 Å². The highest BCUT2D eigenvalue weighted by Crippen LogP contribution is 2.48. The van der Waals surface area contributed by atoms with Crippen molar-refractivity contribution in [1.29, 1.82) is 0 Å². The van der Waals surface area contributed by atoms with E-state index in [4.69, 9.17) is 0 Å². The van der Waals surface area contributed by atoms with E-state index in [2.05, 4.69) is 4.90 Å². The SMILES string of the molecule is CC(=O)c1c(F)cccc1N(C)CC1CC2CCC1C2. The summed E-state index contributed by atoms with van der Waals surface area (Å²) in [6, 6.07) is 4.91.